The number of nitrogens with zero attached hydrogens (tertiary/aromatic N) is 1. The van der Waals surface area contributed by atoms with Crippen LogP contribution >= 0.6 is 0 Å². The highest BCUT2D eigenvalue weighted by atomic mass is 16.5. The first-order valence-electron chi connectivity index (χ1n) is 4.11. The van der Waals surface area contributed by atoms with E-state index in [-0.39, 0.29) is 0 Å². The van der Waals surface area contributed by atoms with Crippen molar-refractivity contribution >= 4 is 17.5 Å². The summed E-state index contributed by atoms with van der Waals surface area (Å²) in [5.41, 5.74) is 2.61. The molecular weight excluding hydrogens is 194 g/mol. The first kappa shape index (κ1) is 10.8. The molecule has 0 spiro atoms. The molecule has 76 valence electrons. The van der Waals surface area contributed by atoms with Crippen molar-refractivity contribution in [3.8, 4) is 11.5 Å². The molecule has 0 aliphatic heterocycles. The van der Waals surface area contributed by atoms with Gasteiger partial charge in [0.1, 0.15) is 17.2 Å². The van der Waals surface area contributed by atoms with Gasteiger partial charge in [-0.05, 0) is 12.1 Å². The Labute approximate surface area is 87.2 Å². The molecule has 1 rings (SSSR count). The maximum atomic E-state index is 9.84. The van der Waals surface area contributed by atoms with Crippen molar-refractivity contribution in [1.82, 2.24) is 0 Å². The Bertz CT molecular complexity index is 463. The Hall–Kier alpha value is -2.24. The highest BCUT2D eigenvalue weighted by Gasteiger charge is 2.02. The summed E-state index contributed by atoms with van der Waals surface area (Å²) in [7, 11) is 3.08. The zero-order valence-corrected chi connectivity index (χ0v) is 8.40. The van der Waals surface area contributed by atoms with Crippen molar-refractivity contribution < 1.29 is 14.3 Å². The van der Waals surface area contributed by atoms with Crippen LogP contribution < -0.4 is 9.47 Å². The number of hydrogen-bond acceptors (Lipinski definition) is 4. The summed E-state index contributed by atoms with van der Waals surface area (Å²) in [6, 6.07) is 5.11. The Morgan fingerprint density at radius 3 is 2.67 bits per heavy atom. The fraction of sp³-hybridized carbons (Fsp3) is 0.182. The third kappa shape index (κ3) is 2.87. The fourth-order valence-electron chi connectivity index (χ4n) is 0.988. The van der Waals surface area contributed by atoms with Gasteiger partial charge < -0.3 is 9.47 Å². The topological polar surface area (TPSA) is 47.9 Å². The van der Waals surface area contributed by atoms with Crippen LogP contribution in [0.3, 0.4) is 0 Å². The number of ether oxygens (including phenoxy) is 2. The van der Waals surface area contributed by atoms with E-state index in [9.17, 15) is 4.79 Å². The molecule has 4 heteroatoms. The summed E-state index contributed by atoms with van der Waals surface area (Å²) in [4.78, 5) is 13.7. The van der Waals surface area contributed by atoms with Gasteiger partial charge in [-0.2, -0.15) is 4.99 Å². The predicted molar refractivity (Wildman–Crippen MR) is 55.8 cm³/mol. The second kappa shape index (κ2) is 5.48. The minimum Gasteiger partial charge on any atom is -0.497 e. The summed E-state index contributed by atoms with van der Waals surface area (Å²) < 4.78 is 10.1. The van der Waals surface area contributed by atoms with Crippen molar-refractivity contribution in [1.29, 1.82) is 0 Å². The first-order chi connectivity index (χ1) is 7.31. The zero-order valence-electron chi connectivity index (χ0n) is 8.40. The van der Waals surface area contributed by atoms with E-state index >= 15 is 0 Å². The van der Waals surface area contributed by atoms with Gasteiger partial charge in [-0.3, -0.25) is 0 Å². The van der Waals surface area contributed by atoms with Crippen LogP contribution in [0, 0.1) is 0 Å². The van der Waals surface area contributed by atoms with E-state index in [0.29, 0.717) is 17.2 Å². The van der Waals surface area contributed by atoms with E-state index in [2.05, 4.69) is 16.6 Å². The summed E-state index contributed by atoms with van der Waals surface area (Å²) in [5, 5.41) is 0. The van der Waals surface area contributed by atoms with Gasteiger partial charge in [0, 0.05) is 11.8 Å². The Balaban J connectivity index is 3.19. The second-order valence-corrected chi connectivity index (χ2v) is 2.49. The molecule has 0 saturated carbocycles. The molecule has 0 fully saturated rings. The van der Waals surface area contributed by atoms with Gasteiger partial charge in [-0.15, -0.1) is 0 Å². The third-order valence-electron chi connectivity index (χ3n) is 1.67. The molecule has 15 heavy (non-hydrogen) atoms. The number of hydrogen-bond donors (Lipinski definition) is 0. The van der Waals surface area contributed by atoms with Gasteiger partial charge >= 0.3 is 0 Å². The van der Waals surface area contributed by atoms with E-state index in [1.54, 1.807) is 25.3 Å². The van der Waals surface area contributed by atoms with E-state index < -0.39 is 0 Å². The molecule has 0 aromatic heterocycles. The highest BCUT2D eigenvalue weighted by Crippen LogP contribution is 2.30. The molecule has 0 unspecified atom stereocenters. The van der Waals surface area contributed by atoms with Gasteiger partial charge in [0.25, 0.3) is 0 Å². The predicted octanol–water partition coefficient (Wildman–Crippen LogP) is 1.55. The average Bonchev–Trinajstić information content (AvgIpc) is 2.29. The molecule has 0 N–H and O–H groups in total. The maximum Gasteiger partial charge on any atom is 0.187 e. The van der Waals surface area contributed by atoms with Crippen molar-refractivity contribution in [2.45, 2.75) is 0 Å². The van der Waals surface area contributed by atoms with Crippen molar-refractivity contribution in [3.63, 3.8) is 0 Å². The van der Waals surface area contributed by atoms with Crippen LogP contribution in [0.4, 0.5) is 5.69 Å². The summed E-state index contributed by atoms with van der Waals surface area (Å²) in [6.45, 7) is 0. The standard InChI is InChI=1S/C11H9NO3/c1-14-9-4-5-10(11(8-9)15-2)12-6-3-7-13/h4-5,8H,1-2H3. The second-order valence-electron chi connectivity index (χ2n) is 2.49. The Morgan fingerprint density at radius 1 is 1.27 bits per heavy atom. The molecular formula is C11H9NO3. The zero-order chi connectivity index (χ0) is 11.1. The molecule has 0 radical (unpaired) electrons. The molecule has 4 nitrogen and oxygen atoms in total. The molecule has 0 aliphatic carbocycles. The lowest BCUT2D eigenvalue weighted by molar-refractivity contribution is 0.395. The molecule has 0 heterocycles. The minimum atomic E-state index is 0.537. The molecule has 1 aromatic rings. The molecule has 0 saturated heterocycles. The van der Waals surface area contributed by atoms with E-state index in [0.717, 1.165) is 0 Å². The minimum absolute atomic E-state index is 0.537. The average molecular weight is 203 g/mol. The Morgan fingerprint density at radius 2 is 2.07 bits per heavy atom. The number of aliphatic imine (C=N–C) groups is 1. The van der Waals surface area contributed by atoms with E-state index in [1.807, 2.05) is 0 Å². The van der Waals surface area contributed by atoms with E-state index in [4.69, 9.17) is 9.47 Å². The monoisotopic (exact) mass is 203 g/mol. The summed E-state index contributed by atoms with van der Waals surface area (Å²) in [6.07, 6.45) is 0. The van der Waals surface area contributed by atoms with Crippen molar-refractivity contribution in [2.75, 3.05) is 14.2 Å². The lowest BCUT2D eigenvalue weighted by Crippen LogP contribution is -1.86. The third-order valence-corrected chi connectivity index (χ3v) is 1.67. The fourth-order valence-corrected chi connectivity index (χ4v) is 0.988. The SMILES string of the molecule is COc1ccc(N=C=C=C=O)c(OC)c1. The lowest BCUT2D eigenvalue weighted by Gasteiger charge is -2.05. The lowest BCUT2D eigenvalue weighted by atomic mass is 10.3. The van der Waals surface area contributed by atoms with Crippen LogP contribution in [0.1, 0.15) is 0 Å². The van der Waals surface area contributed by atoms with Gasteiger partial charge in [0.2, 0.25) is 0 Å². The largest absolute Gasteiger partial charge is 0.497 e. The van der Waals surface area contributed by atoms with Crippen molar-refractivity contribution in [2.24, 2.45) is 4.99 Å². The van der Waals surface area contributed by atoms with Gasteiger partial charge in [-0.1, -0.05) is 0 Å². The van der Waals surface area contributed by atoms with Gasteiger partial charge in [0.15, 0.2) is 5.94 Å². The molecule has 0 aliphatic rings. The van der Waals surface area contributed by atoms with E-state index in [1.165, 1.54) is 13.1 Å². The number of rotatable bonds is 3. The van der Waals surface area contributed by atoms with Crippen LogP contribution in [0.2, 0.25) is 0 Å². The van der Waals surface area contributed by atoms with Crippen LogP contribution in [-0.4, -0.2) is 26.0 Å². The first-order valence-corrected chi connectivity index (χ1v) is 4.11. The van der Waals surface area contributed by atoms with Crippen LogP contribution in [-0.2, 0) is 4.79 Å². The molecule has 0 amide bonds. The smallest absolute Gasteiger partial charge is 0.187 e. The molecule has 0 bridgehead atoms. The Kier molecular flexibility index (Phi) is 3.96. The highest BCUT2D eigenvalue weighted by molar-refractivity contribution is 5.68. The summed E-state index contributed by atoms with van der Waals surface area (Å²) >= 11 is 0. The quantitative estimate of drug-likeness (QED) is 0.425. The summed E-state index contributed by atoms with van der Waals surface area (Å²) in [5.74, 6) is 4.93. The van der Waals surface area contributed by atoms with Crippen molar-refractivity contribution in [3.05, 3.63) is 23.9 Å². The van der Waals surface area contributed by atoms with Gasteiger partial charge in [0.05, 0.1) is 20.1 Å². The number of carbonyl (C=O) groups excluding carboxylic acids is 1. The van der Waals surface area contributed by atoms with Gasteiger partial charge in [-0.25, -0.2) is 4.79 Å². The molecule has 1 aromatic carbocycles. The number of benzene rings is 1. The molecule has 0 atom stereocenters. The van der Waals surface area contributed by atoms with Crippen LogP contribution in [0.25, 0.3) is 0 Å². The number of methoxy groups -OCH3 is 2. The maximum absolute atomic E-state index is 9.84. The van der Waals surface area contributed by atoms with Crippen LogP contribution in [0.15, 0.2) is 28.9 Å². The van der Waals surface area contributed by atoms with Crippen LogP contribution in [0.5, 0.6) is 11.5 Å². The normalized spacial score (nSPS) is 8.13.